The number of halogens is 3. The van der Waals surface area contributed by atoms with Crippen LogP contribution in [0.25, 0.3) is 0 Å². The average molecular weight is 297 g/mol. The Balaban J connectivity index is 2.30. The minimum absolute atomic E-state index is 0.00369. The number of benzene rings is 2. The van der Waals surface area contributed by atoms with Crippen molar-refractivity contribution in [3.63, 3.8) is 0 Å². The van der Waals surface area contributed by atoms with E-state index in [1.807, 2.05) is 13.0 Å². The Morgan fingerprint density at radius 3 is 2.57 bits per heavy atom. The molecule has 0 aliphatic rings. The summed E-state index contributed by atoms with van der Waals surface area (Å²) in [5.74, 6) is -1.04. The first kappa shape index (κ1) is 15.0. The molecule has 0 atom stereocenters. The van der Waals surface area contributed by atoms with Crippen LogP contribution < -0.4 is 15.2 Å². The molecule has 3 nitrogen and oxygen atoms in total. The van der Waals surface area contributed by atoms with Gasteiger partial charge in [0.1, 0.15) is 5.75 Å². The van der Waals surface area contributed by atoms with E-state index in [1.54, 1.807) is 18.2 Å². The van der Waals surface area contributed by atoms with Gasteiger partial charge in [-0.2, -0.15) is 8.78 Å². The zero-order valence-electron chi connectivity index (χ0n) is 11.3. The van der Waals surface area contributed by atoms with E-state index in [9.17, 15) is 13.2 Å². The van der Waals surface area contributed by atoms with Crippen LogP contribution in [-0.4, -0.2) is 6.61 Å². The quantitative estimate of drug-likeness (QED) is 0.834. The lowest BCUT2D eigenvalue weighted by Gasteiger charge is -2.12. The summed E-state index contributed by atoms with van der Waals surface area (Å²) in [6.45, 7) is -1.14. The Labute approximate surface area is 120 Å². The number of ether oxygens (including phenoxy) is 2. The maximum atomic E-state index is 13.5. The predicted molar refractivity (Wildman–Crippen MR) is 73.3 cm³/mol. The van der Waals surface area contributed by atoms with E-state index >= 15 is 0 Å². The Kier molecular flexibility index (Phi) is 4.57. The second kappa shape index (κ2) is 6.39. The maximum Gasteiger partial charge on any atom is 0.387 e. The highest BCUT2D eigenvalue weighted by Gasteiger charge is 2.14. The van der Waals surface area contributed by atoms with Crippen molar-refractivity contribution in [1.29, 1.82) is 0 Å². The van der Waals surface area contributed by atoms with Gasteiger partial charge in [0.2, 0.25) is 0 Å². The fraction of sp³-hybridized carbons (Fsp3) is 0.200. The largest absolute Gasteiger partial charge is 0.455 e. The number of hydrogen-bond acceptors (Lipinski definition) is 3. The van der Waals surface area contributed by atoms with Crippen LogP contribution in [0.5, 0.6) is 17.2 Å². The molecule has 0 aromatic heterocycles. The molecular weight excluding hydrogens is 283 g/mol. The molecule has 112 valence electrons. The minimum atomic E-state index is -3.13. The van der Waals surface area contributed by atoms with Crippen molar-refractivity contribution in [1.82, 2.24) is 0 Å². The third kappa shape index (κ3) is 3.81. The third-order valence-electron chi connectivity index (χ3n) is 2.81. The van der Waals surface area contributed by atoms with Crippen molar-refractivity contribution >= 4 is 5.69 Å². The van der Waals surface area contributed by atoms with Crippen molar-refractivity contribution in [2.75, 3.05) is 5.73 Å². The smallest absolute Gasteiger partial charge is 0.387 e. The maximum absolute atomic E-state index is 13.5. The van der Waals surface area contributed by atoms with Crippen LogP contribution in [0.1, 0.15) is 12.5 Å². The lowest BCUT2D eigenvalue weighted by molar-refractivity contribution is -0.0522. The van der Waals surface area contributed by atoms with Crippen LogP contribution in [0.15, 0.2) is 36.4 Å². The number of alkyl halides is 2. The van der Waals surface area contributed by atoms with E-state index in [0.717, 1.165) is 24.1 Å². The number of nitrogens with two attached hydrogens (primary N) is 1. The fourth-order valence-corrected chi connectivity index (χ4v) is 1.78. The molecule has 6 heteroatoms. The van der Waals surface area contributed by atoms with Gasteiger partial charge in [-0.25, -0.2) is 4.39 Å². The van der Waals surface area contributed by atoms with Gasteiger partial charge >= 0.3 is 6.61 Å². The lowest BCUT2D eigenvalue weighted by Crippen LogP contribution is -2.05. The van der Waals surface area contributed by atoms with Crippen molar-refractivity contribution in [2.24, 2.45) is 0 Å². The van der Waals surface area contributed by atoms with Gasteiger partial charge in [0.05, 0.1) is 5.69 Å². The van der Waals surface area contributed by atoms with E-state index in [4.69, 9.17) is 10.5 Å². The standard InChI is InChI=1S/C15H14F3NO2/c1-2-9-4-3-5-10(6-9)20-14-8-13(21-15(17)18)11(16)7-12(14)19/h3-8,15H,2,19H2,1H3. The minimum Gasteiger partial charge on any atom is -0.455 e. The lowest BCUT2D eigenvalue weighted by atomic mass is 10.2. The van der Waals surface area contributed by atoms with E-state index in [1.165, 1.54) is 0 Å². The van der Waals surface area contributed by atoms with Gasteiger partial charge in [-0.1, -0.05) is 19.1 Å². The molecule has 21 heavy (non-hydrogen) atoms. The number of rotatable bonds is 5. The normalized spacial score (nSPS) is 10.7. The highest BCUT2D eigenvalue weighted by atomic mass is 19.3. The second-order valence-electron chi connectivity index (χ2n) is 4.30. The zero-order chi connectivity index (χ0) is 15.4. The highest BCUT2D eigenvalue weighted by molar-refractivity contribution is 5.57. The first-order valence-corrected chi connectivity index (χ1v) is 6.30. The summed E-state index contributed by atoms with van der Waals surface area (Å²) >= 11 is 0. The molecule has 2 aromatic carbocycles. The highest BCUT2D eigenvalue weighted by Crippen LogP contribution is 2.34. The summed E-state index contributed by atoms with van der Waals surface area (Å²) in [5, 5.41) is 0. The number of hydrogen-bond donors (Lipinski definition) is 1. The van der Waals surface area contributed by atoms with Crippen LogP contribution >= 0.6 is 0 Å². The fourth-order valence-electron chi connectivity index (χ4n) is 1.78. The second-order valence-corrected chi connectivity index (χ2v) is 4.30. The Morgan fingerprint density at radius 2 is 1.90 bits per heavy atom. The number of nitrogen functional groups attached to an aromatic ring is 1. The molecule has 0 aliphatic carbocycles. The molecule has 2 rings (SSSR count). The first-order valence-electron chi connectivity index (χ1n) is 6.30. The first-order chi connectivity index (χ1) is 9.99. The van der Waals surface area contributed by atoms with Gasteiger partial charge in [-0.15, -0.1) is 0 Å². The Hall–Kier alpha value is -2.37. The topological polar surface area (TPSA) is 44.5 Å². The van der Waals surface area contributed by atoms with E-state index in [-0.39, 0.29) is 11.4 Å². The van der Waals surface area contributed by atoms with Crippen molar-refractivity contribution in [2.45, 2.75) is 20.0 Å². The third-order valence-corrected chi connectivity index (χ3v) is 2.81. The molecule has 0 radical (unpaired) electrons. The van der Waals surface area contributed by atoms with Crippen molar-refractivity contribution in [3.05, 3.63) is 47.8 Å². The molecule has 0 fully saturated rings. The summed E-state index contributed by atoms with van der Waals surface area (Å²) in [4.78, 5) is 0. The Bertz CT molecular complexity index is 632. The average Bonchev–Trinajstić information content (AvgIpc) is 2.44. The molecule has 0 aliphatic heterocycles. The number of aryl methyl sites for hydroxylation is 1. The van der Waals surface area contributed by atoms with Gasteiger partial charge in [0.15, 0.2) is 17.3 Å². The van der Waals surface area contributed by atoms with Crippen LogP contribution in [-0.2, 0) is 6.42 Å². The SMILES string of the molecule is CCc1cccc(Oc2cc(OC(F)F)c(F)cc2N)c1. The molecule has 2 aromatic rings. The van der Waals surface area contributed by atoms with Gasteiger partial charge in [-0.3, -0.25) is 0 Å². The van der Waals surface area contributed by atoms with E-state index < -0.39 is 18.2 Å². The molecule has 2 N–H and O–H groups in total. The summed E-state index contributed by atoms with van der Waals surface area (Å²) < 4.78 is 47.4. The summed E-state index contributed by atoms with van der Waals surface area (Å²) in [6.07, 6.45) is 0.815. The molecule has 0 spiro atoms. The summed E-state index contributed by atoms with van der Waals surface area (Å²) in [6, 6.07) is 9.09. The molecular formula is C15H14F3NO2. The summed E-state index contributed by atoms with van der Waals surface area (Å²) in [5.41, 5.74) is 6.67. The molecule has 0 heterocycles. The van der Waals surface area contributed by atoms with E-state index in [2.05, 4.69) is 4.74 Å². The summed E-state index contributed by atoms with van der Waals surface area (Å²) in [7, 11) is 0. The molecule has 0 saturated heterocycles. The van der Waals surface area contributed by atoms with Crippen molar-refractivity contribution in [3.8, 4) is 17.2 Å². The zero-order valence-corrected chi connectivity index (χ0v) is 11.3. The van der Waals surface area contributed by atoms with Crippen LogP contribution in [0.4, 0.5) is 18.9 Å². The van der Waals surface area contributed by atoms with Gasteiger partial charge in [-0.05, 0) is 24.1 Å². The molecule has 0 bridgehead atoms. The molecule has 0 saturated carbocycles. The Morgan fingerprint density at radius 1 is 1.14 bits per heavy atom. The van der Waals surface area contributed by atoms with E-state index in [0.29, 0.717) is 5.75 Å². The number of anilines is 1. The van der Waals surface area contributed by atoms with Gasteiger partial charge in [0.25, 0.3) is 0 Å². The van der Waals surface area contributed by atoms with Gasteiger partial charge in [0, 0.05) is 12.1 Å². The molecule has 0 unspecified atom stereocenters. The van der Waals surface area contributed by atoms with Gasteiger partial charge < -0.3 is 15.2 Å². The van der Waals surface area contributed by atoms with Crippen LogP contribution in [0.2, 0.25) is 0 Å². The van der Waals surface area contributed by atoms with Crippen LogP contribution in [0.3, 0.4) is 0 Å². The van der Waals surface area contributed by atoms with Crippen molar-refractivity contribution < 1.29 is 22.6 Å². The monoisotopic (exact) mass is 297 g/mol. The van der Waals surface area contributed by atoms with Crippen LogP contribution in [0, 0.1) is 5.82 Å². The molecule has 0 amide bonds. The predicted octanol–water partition coefficient (Wildman–Crippen LogP) is 4.36.